The predicted molar refractivity (Wildman–Crippen MR) is 145 cm³/mol. The molecule has 6 rings (SSSR count). The number of nitro benzene ring substituents is 1. The Hall–Kier alpha value is -5.10. The van der Waals surface area contributed by atoms with Crippen LogP contribution < -0.4 is 10.3 Å². The number of non-ortho nitro benzene ring substituents is 1. The van der Waals surface area contributed by atoms with Gasteiger partial charge in [-0.05, 0) is 48.2 Å². The summed E-state index contributed by atoms with van der Waals surface area (Å²) in [6, 6.07) is 10.5. The lowest BCUT2D eigenvalue weighted by atomic mass is 9.86. The molecule has 2 aliphatic rings. The number of nitrogens with zero attached hydrogens (tertiary/aromatic N) is 3. The molecule has 12 nitrogen and oxygen atoms in total. The number of carbonyl (C=O) groups excluding carboxylic acids is 1. The molecule has 208 valence electrons. The Labute approximate surface area is 231 Å². The van der Waals surface area contributed by atoms with Gasteiger partial charge in [0.2, 0.25) is 0 Å². The van der Waals surface area contributed by atoms with E-state index in [1.54, 1.807) is 35.8 Å². The van der Waals surface area contributed by atoms with Crippen LogP contribution in [0.4, 0.5) is 10.5 Å². The summed E-state index contributed by atoms with van der Waals surface area (Å²) < 4.78 is 11.6. The van der Waals surface area contributed by atoms with Crippen molar-refractivity contribution in [2.75, 3.05) is 0 Å². The molecule has 0 radical (unpaired) electrons. The van der Waals surface area contributed by atoms with E-state index in [1.807, 2.05) is 6.92 Å². The number of pyridine rings is 2. The van der Waals surface area contributed by atoms with Crippen molar-refractivity contribution >= 4 is 28.7 Å². The van der Waals surface area contributed by atoms with Crippen molar-refractivity contribution < 1.29 is 34.2 Å². The molecular weight excluding hydrogens is 534 g/mol. The van der Waals surface area contributed by atoms with Gasteiger partial charge in [0, 0.05) is 34.2 Å². The molecule has 4 aromatic rings. The maximum absolute atomic E-state index is 13.5. The van der Waals surface area contributed by atoms with E-state index in [2.05, 4.69) is 0 Å². The summed E-state index contributed by atoms with van der Waals surface area (Å²) in [6.45, 7) is 3.58. The van der Waals surface area contributed by atoms with Crippen molar-refractivity contribution in [3.8, 4) is 28.3 Å². The second kappa shape index (κ2) is 9.24. The Bertz CT molecular complexity index is 1900. The molecule has 2 N–H and O–H groups in total. The number of rotatable bonds is 5. The molecule has 0 saturated heterocycles. The highest BCUT2D eigenvalue weighted by Gasteiger charge is 2.45. The zero-order valence-electron chi connectivity index (χ0n) is 22.0. The van der Waals surface area contributed by atoms with Gasteiger partial charge < -0.3 is 24.3 Å². The lowest BCUT2D eigenvalue weighted by Gasteiger charge is -2.31. The first-order chi connectivity index (χ1) is 19.6. The largest absolute Gasteiger partial charge is 0.511 e. The third-order valence-electron chi connectivity index (χ3n) is 7.84. The van der Waals surface area contributed by atoms with Gasteiger partial charge in [-0.2, -0.15) is 0 Å². The van der Waals surface area contributed by atoms with Crippen LogP contribution in [0.15, 0.2) is 47.3 Å². The van der Waals surface area contributed by atoms with E-state index >= 15 is 0 Å². The number of ether oxygens (including phenoxy) is 2. The van der Waals surface area contributed by atoms with Crippen molar-refractivity contribution in [3.63, 3.8) is 0 Å². The molecule has 2 aromatic carbocycles. The molecule has 0 amide bonds. The second-order valence-corrected chi connectivity index (χ2v) is 9.91. The zero-order chi connectivity index (χ0) is 29.2. The lowest BCUT2D eigenvalue weighted by Crippen LogP contribution is -2.44. The van der Waals surface area contributed by atoms with Crippen LogP contribution in [-0.2, 0) is 34.7 Å². The van der Waals surface area contributed by atoms with Crippen molar-refractivity contribution in [2.45, 2.75) is 45.4 Å². The highest BCUT2D eigenvalue weighted by Crippen LogP contribution is 2.42. The number of carbonyl (C=O) groups is 2. The molecule has 4 heterocycles. The Balaban J connectivity index is 1.56. The van der Waals surface area contributed by atoms with Crippen LogP contribution in [0.25, 0.3) is 33.4 Å². The van der Waals surface area contributed by atoms with Crippen LogP contribution in [0.2, 0.25) is 0 Å². The van der Waals surface area contributed by atoms with Crippen LogP contribution in [0.3, 0.4) is 0 Å². The van der Waals surface area contributed by atoms with E-state index in [9.17, 15) is 34.7 Å². The first-order valence-corrected chi connectivity index (χ1v) is 12.9. The van der Waals surface area contributed by atoms with E-state index in [0.717, 1.165) is 16.5 Å². The van der Waals surface area contributed by atoms with Crippen LogP contribution in [0, 0.1) is 10.1 Å². The highest BCUT2D eigenvalue weighted by atomic mass is 16.7. The third kappa shape index (κ3) is 3.86. The third-order valence-corrected chi connectivity index (χ3v) is 7.84. The SMILES string of the molecule is CCc1c2c(nc3ccc(-c4cc([N+](=O)[O-])ccc4OC(=O)O)cc13)-c1cc3c(c(=O)n1C2)COC(=O)[C@]3(O)CC. The van der Waals surface area contributed by atoms with E-state index in [0.29, 0.717) is 28.9 Å². The van der Waals surface area contributed by atoms with Gasteiger partial charge >= 0.3 is 12.1 Å². The van der Waals surface area contributed by atoms with Crippen molar-refractivity contribution in [3.05, 3.63) is 85.2 Å². The minimum atomic E-state index is -1.93. The van der Waals surface area contributed by atoms with E-state index in [4.69, 9.17) is 14.5 Å². The fourth-order valence-corrected chi connectivity index (χ4v) is 5.77. The molecule has 2 aliphatic heterocycles. The Morgan fingerprint density at radius 3 is 2.63 bits per heavy atom. The van der Waals surface area contributed by atoms with Gasteiger partial charge in [-0.3, -0.25) is 14.9 Å². The van der Waals surface area contributed by atoms with Gasteiger partial charge in [-0.1, -0.05) is 19.9 Å². The first-order valence-electron chi connectivity index (χ1n) is 12.9. The lowest BCUT2D eigenvalue weighted by molar-refractivity contribution is -0.384. The molecule has 0 aliphatic carbocycles. The van der Waals surface area contributed by atoms with Crippen molar-refractivity contribution in [1.82, 2.24) is 9.55 Å². The monoisotopic (exact) mass is 557 g/mol. The number of aryl methyl sites for hydroxylation is 1. The summed E-state index contributed by atoms with van der Waals surface area (Å²) in [6.07, 6.45) is -0.961. The molecule has 0 fully saturated rings. The fraction of sp³-hybridized carbons (Fsp3) is 0.241. The maximum Gasteiger partial charge on any atom is 0.511 e. The van der Waals surface area contributed by atoms with E-state index in [1.165, 1.54) is 18.2 Å². The van der Waals surface area contributed by atoms with Gasteiger partial charge in [-0.15, -0.1) is 0 Å². The summed E-state index contributed by atoms with van der Waals surface area (Å²) in [7, 11) is 0. The Morgan fingerprint density at radius 2 is 1.95 bits per heavy atom. The van der Waals surface area contributed by atoms with Crippen LogP contribution in [0.1, 0.15) is 42.5 Å². The summed E-state index contributed by atoms with van der Waals surface area (Å²) in [5, 5.41) is 32.5. The van der Waals surface area contributed by atoms with Gasteiger partial charge in [0.25, 0.3) is 11.2 Å². The summed E-state index contributed by atoms with van der Waals surface area (Å²) >= 11 is 0. The van der Waals surface area contributed by atoms with Gasteiger partial charge in [0.1, 0.15) is 12.4 Å². The topological polar surface area (TPSA) is 171 Å². The summed E-state index contributed by atoms with van der Waals surface area (Å²) in [5.41, 5.74) is 1.95. The fourth-order valence-electron chi connectivity index (χ4n) is 5.77. The van der Waals surface area contributed by atoms with Gasteiger partial charge in [-0.25, -0.2) is 14.6 Å². The standard InChI is InChI=1S/C29H23N3O9/c1-3-16-18-9-14(17-10-15(32(38)39)6-8-24(17)41-28(35)36)5-7-22(18)30-25-19(16)12-31-23(25)11-21-20(26(31)33)13-40-27(34)29(21,37)4-2/h5-11,37H,3-4,12-13H2,1-2H3,(H,35,36)/t29-/m0/s1. The number of aromatic nitrogens is 2. The molecular formula is C29H23N3O9. The number of fused-ring (bicyclic) bond motifs is 5. The normalized spacial score (nSPS) is 17.0. The van der Waals surface area contributed by atoms with Crippen LogP contribution in [0.5, 0.6) is 5.75 Å². The average Bonchev–Trinajstić information content (AvgIpc) is 3.32. The molecule has 2 aromatic heterocycles. The number of carboxylic acid groups (broad SMARTS) is 1. The van der Waals surface area contributed by atoms with Crippen LogP contribution in [-0.4, -0.2) is 36.8 Å². The minimum absolute atomic E-state index is 0.0357. The molecule has 0 unspecified atom stereocenters. The molecule has 0 saturated carbocycles. The molecule has 12 heteroatoms. The number of benzene rings is 2. The number of hydrogen-bond donors (Lipinski definition) is 2. The second-order valence-electron chi connectivity index (χ2n) is 9.91. The zero-order valence-corrected chi connectivity index (χ0v) is 22.0. The van der Waals surface area contributed by atoms with Crippen molar-refractivity contribution in [1.29, 1.82) is 0 Å². The average molecular weight is 558 g/mol. The van der Waals surface area contributed by atoms with E-state index in [-0.39, 0.29) is 53.3 Å². The van der Waals surface area contributed by atoms with Gasteiger partial charge in [0.15, 0.2) is 5.60 Å². The predicted octanol–water partition coefficient (Wildman–Crippen LogP) is 4.27. The summed E-state index contributed by atoms with van der Waals surface area (Å²) in [5.74, 6) is -0.852. The minimum Gasteiger partial charge on any atom is -0.458 e. The number of cyclic esters (lactones) is 1. The summed E-state index contributed by atoms with van der Waals surface area (Å²) in [4.78, 5) is 53.0. The van der Waals surface area contributed by atoms with Crippen LogP contribution >= 0.6 is 0 Å². The molecule has 0 bridgehead atoms. The Kier molecular flexibility index (Phi) is 5.89. The first kappa shape index (κ1) is 26.1. The number of nitro groups is 1. The van der Waals surface area contributed by atoms with E-state index < -0.39 is 22.6 Å². The van der Waals surface area contributed by atoms with Gasteiger partial charge in [0.05, 0.1) is 33.9 Å². The quantitative estimate of drug-likeness (QED) is 0.138. The highest BCUT2D eigenvalue weighted by molar-refractivity contribution is 5.93. The van der Waals surface area contributed by atoms with Crippen molar-refractivity contribution in [2.24, 2.45) is 0 Å². The molecule has 41 heavy (non-hydrogen) atoms. The number of esters is 1. The maximum atomic E-state index is 13.5. The number of hydrogen-bond acceptors (Lipinski definition) is 9. The molecule has 0 spiro atoms. The smallest absolute Gasteiger partial charge is 0.458 e. The Morgan fingerprint density at radius 1 is 1.17 bits per heavy atom. The molecule has 1 atom stereocenters. The number of aliphatic hydroxyl groups is 1.